The molecule has 9 aromatic carbocycles. The highest BCUT2D eigenvalue weighted by Crippen LogP contribution is 2.49. The Morgan fingerprint density at radius 3 is 1.01 bits per heavy atom. The average molecular weight is 889 g/mol. The molecule has 0 fully saturated rings. The Hall–Kier alpha value is -6.90. The SMILES string of the molecule is CC(C)Cc1cccc(N(c2cccc(C(C)(C)C)c2)c2ccc3c(-c4ccccc4)c4cc(N(c5cccc(CC(C)C)c5)c5cccc(C(C)(C)C)c5)ccc4c(-c4ccccc4)c3c2)c1. The third kappa shape index (κ3) is 9.74. The van der Waals surface area contributed by atoms with Crippen LogP contribution in [0.2, 0.25) is 0 Å². The van der Waals surface area contributed by atoms with Gasteiger partial charge in [0.25, 0.3) is 0 Å². The molecule has 0 bridgehead atoms. The summed E-state index contributed by atoms with van der Waals surface area (Å²) >= 11 is 0. The summed E-state index contributed by atoms with van der Waals surface area (Å²) in [6.45, 7) is 23.0. The van der Waals surface area contributed by atoms with E-state index in [9.17, 15) is 0 Å². The molecule has 0 saturated carbocycles. The normalized spacial score (nSPS) is 12.1. The highest BCUT2D eigenvalue weighted by molar-refractivity contribution is 6.22. The van der Waals surface area contributed by atoms with Crippen molar-refractivity contribution >= 4 is 55.7 Å². The molecule has 0 aliphatic carbocycles. The summed E-state index contributed by atoms with van der Waals surface area (Å²) in [6, 6.07) is 73.1. The first-order valence-electron chi connectivity index (χ1n) is 24.8. The topological polar surface area (TPSA) is 6.48 Å². The molecule has 0 spiro atoms. The Labute approximate surface area is 406 Å². The van der Waals surface area contributed by atoms with Crippen LogP contribution in [0.15, 0.2) is 194 Å². The lowest BCUT2D eigenvalue weighted by Crippen LogP contribution is -2.15. The number of anilines is 6. The molecule has 0 aliphatic rings. The van der Waals surface area contributed by atoms with Gasteiger partial charge in [-0.2, -0.15) is 0 Å². The maximum Gasteiger partial charge on any atom is 0.0468 e. The van der Waals surface area contributed by atoms with Gasteiger partial charge in [-0.15, -0.1) is 0 Å². The van der Waals surface area contributed by atoms with Gasteiger partial charge in [0.2, 0.25) is 0 Å². The zero-order valence-electron chi connectivity index (χ0n) is 41.9. The maximum absolute atomic E-state index is 2.47. The fraction of sp³-hybridized carbons (Fsp3) is 0.242. The fourth-order valence-corrected chi connectivity index (χ4v) is 10.0. The Morgan fingerprint density at radius 2 is 0.662 bits per heavy atom. The summed E-state index contributed by atoms with van der Waals surface area (Å²) in [4.78, 5) is 4.94. The van der Waals surface area contributed by atoms with E-state index in [0.717, 1.165) is 47.0 Å². The van der Waals surface area contributed by atoms with Crippen LogP contribution in [0, 0.1) is 11.8 Å². The van der Waals surface area contributed by atoms with Crippen LogP contribution in [0.3, 0.4) is 0 Å². The first-order chi connectivity index (χ1) is 32.6. The summed E-state index contributed by atoms with van der Waals surface area (Å²) in [5.74, 6) is 1.11. The third-order valence-corrected chi connectivity index (χ3v) is 13.3. The molecule has 342 valence electrons. The van der Waals surface area contributed by atoms with Crippen molar-refractivity contribution in [1.29, 1.82) is 0 Å². The van der Waals surface area contributed by atoms with Crippen LogP contribution in [0.5, 0.6) is 0 Å². The molecule has 0 radical (unpaired) electrons. The summed E-state index contributed by atoms with van der Waals surface area (Å²) < 4.78 is 0. The van der Waals surface area contributed by atoms with E-state index < -0.39 is 0 Å². The molecule has 2 heteroatoms. The monoisotopic (exact) mass is 889 g/mol. The molecule has 9 rings (SSSR count). The lowest BCUT2D eigenvalue weighted by Gasteiger charge is -2.30. The van der Waals surface area contributed by atoms with Crippen LogP contribution < -0.4 is 9.80 Å². The molecule has 0 aliphatic heterocycles. The maximum atomic E-state index is 2.47. The van der Waals surface area contributed by atoms with Gasteiger partial charge in [0.1, 0.15) is 0 Å². The quantitative estimate of drug-likeness (QED) is 0.113. The van der Waals surface area contributed by atoms with Crippen molar-refractivity contribution in [1.82, 2.24) is 0 Å². The minimum atomic E-state index is -0.00472. The number of hydrogen-bond acceptors (Lipinski definition) is 2. The van der Waals surface area contributed by atoms with Crippen molar-refractivity contribution < 1.29 is 0 Å². The van der Waals surface area contributed by atoms with Gasteiger partial charge in [-0.3, -0.25) is 0 Å². The smallest absolute Gasteiger partial charge is 0.0468 e. The Bertz CT molecular complexity index is 2980. The molecule has 0 amide bonds. The van der Waals surface area contributed by atoms with E-state index in [-0.39, 0.29) is 10.8 Å². The lowest BCUT2D eigenvalue weighted by molar-refractivity contribution is 0.590. The van der Waals surface area contributed by atoms with E-state index >= 15 is 0 Å². The minimum absolute atomic E-state index is 0.00472. The second-order valence-electron chi connectivity index (χ2n) is 21.7. The van der Waals surface area contributed by atoms with Crippen LogP contribution in [-0.2, 0) is 23.7 Å². The number of nitrogens with zero attached hydrogens (tertiary/aromatic N) is 2. The van der Waals surface area contributed by atoms with Gasteiger partial charge >= 0.3 is 0 Å². The molecule has 0 N–H and O–H groups in total. The number of rotatable bonds is 12. The van der Waals surface area contributed by atoms with Crippen molar-refractivity contribution in [2.75, 3.05) is 9.80 Å². The van der Waals surface area contributed by atoms with E-state index in [1.165, 1.54) is 66.1 Å². The van der Waals surface area contributed by atoms with Crippen LogP contribution in [-0.4, -0.2) is 0 Å². The molecule has 0 heterocycles. The average Bonchev–Trinajstić information content (AvgIpc) is 3.31. The molecule has 9 aromatic rings. The molecule has 0 unspecified atom stereocenters. The van der Waals surface area contributed by atoms with Gasteiger partial charge in [-0.1, -0.05) is 191 Å². The van der Waals surface area contributed by atoms with Crippen molar-refractivity contribution in [3.8, 4) is 22.3 Å². The van der Waals surface area contributed by atoms with Gasteiger partial charge in [0.05, 0.1) is 0 Å². The summed E-state index contributed by atoms with van der Waals surface area (Å²) in [5.41, 5.74) is 17.1. The molecule has 2 nitrogen and oxygen atoms in total. The molecule has 68 heavy (non-hydrogen) atoms. The lowest BCUT2D eigenvalue weighted by atomic mass is 9.85. The fourth-order valence-electron chi connectivity index (χ4n) is 10.0. The molecule has 0 saturated heterocycles. The van der Waals surface area contributed by atoms with E-state index in [4.69, 9.17) is 0 Å². The zero-order chi connectivity index (χ0) is 47.7. The Kier molecular flexibility index (Phi) is 12.9. The first kappa shape index (κ1) is 46.2. The van der Waals surface area contributed by atoms with E-state index in [1.54, 1.807) is 0 Å². The van der Waals surface area contributed by atoms with E-state index in [2.05, 4.69) is 273 Å². The van der Waals surface area contributed by atoms with Gasteiger partial charge in [-0.05, 0) is 174 Å². The molecule has 0 aromatic heterocycles. The highest BCUT2D eigenvalue weighted by atomic mass is 15.1. The largest absolute Gasteiger partial charge is 0.310 e. The number of hydrogen-bond donors (Lipinski definition) is 0. The Morgan fingerprint density at radius 1 is 0.324 bits per heavy atom. The van der Waals surface area contributed by atoms with Crippen molar-refractivity contribution in [2.45, 2.75) is 92.9 Å². The van der Waals surface area contributed by atoms with E-state index in [0.29, 0.717) is 11.8 Å². The zero-order valence-corrected chi connectivity index (χ0v) is 41.9. The second kappa shape index (κ2) is 19.0. The Balaban J connectivity index is 1.35. The van der Waals surface area contributed by atoms with Crippen molar-refractivity contribution in [3.63, 3.8) is 0 Å². The van der Waals surface area contributed by atoms with Gasteiger partial charge in [-0.25, -0.2) is 0 Å². The number of benzene rings is 9. The van der Waals surface area contributed by atoms with Gasteiger partial charge < -0.3 is 9.80 Å². The molecular formula is C66H68N2. The minimum Gasteiger partial charge on any atom is -0.310 e. The molecular weight excluding hydrogens is 821 g/mol. The van der Waals surface area contributed by atoms with Crippen LogP contribution >= 0.6 is 0 Å². The highest BCUT2D eigenvalue weighted by Gasteiger charge is 2.24. The predicted molar refractivity (Wildman–Crippen MR) is 296 cm³/mol. The van der Waals surface area contributed by atoms with Gasteiger partial charge in [0.15, 0.2) is 0 Å². The molecule has 0 atom stereocenters. The standard InChI is InChI=1S/C66H68N2/c1-45(2)37-47-21-17-29-53(39-47)67(55-31-19-27-51(41-55)65(5,6)7)57-33-35-59-61(43-57)63(49-23-13-11-14-24-49)60-36-34-58(44-62(60)64(59)50-25-15-12-16-26-50)68(54-30-18-22-48(40-54)38-46(3)4)56-32-20-28-52(42-56)66(8,9)10/h11-36,39-46H,37-38H2,1-10H3. The third-order valence-electron chi connectivity index (χ3n) is 13.3. The van der Waals surface area contributed by atoms with Crippen LogP contribution in [0.1, 0.15) is 91.5 Å². The number of fused-ring (bicyclic) bond motifs is 2. The summed E-state index contributed by atoms with van der Waals surface area (Å²) in [6.07, 6.45) is 2.05. The van der Waals surface area contributed by atoms with E-state index in [1.807, 2.05) is 0 Å². The van der Waals surface area contributed by atoms with Crippen LogP contribution in [0.25, 0.3) is 43.8 Å². The van der Waals surface area contributed by atoms with Crippen molar-refractivity contribution in [2.24, 2.45) is 11.8 Å². The summed E-state index contributed by atoms with van der Waals surface area (Å²) in [7, 11) is 0. The van der Waals surface area contributed by atoms with Crippen LogP contribution in [0.4, 0.5) is 34.1 Å². The summed E-state index contributed by atoms with van der Waals surface area (Å²) in [5, 5.41) is 4.89. The predicted octanol–water partition coefficient (Wildman–Crippen LogP) is 19.3. The van der Waals surface area contributed by atoms with Gasteiger partial charge in [0, 0.05) is 34.1 Å². The van der Waals surface area contributed by atoms with Crippen molar-refractivity contribution in [3.05, 3.63) is 216 Å². The first-order valence-corrected chi connectivity index (χ1v) is 24.8. The second-order valence-corrected chi connectivity index (χ2v) is 21.7.